The number of carbonyl (C=O) groups excluding carboxylic acids is 1. The number of amides is 1. The Balaban J connectivity index is 1.53. The molecule has 0 bridgehead atoms. The summed E-state index contributed by atoms with van der Waals surface area (Å²) >= 11 is 0. The molecule has 4 rings (SSSR count). The highest BCUT2D eigenvalue weighted by atomic mass is 16.2. The predicted molar refractivity (Wildman–Crippen MR) is 85.5 cm³/mol. The second-order valence-corrected chi connectivity index (χ2v) is 5.67. The van der Waals surface area contributed by atoms with E-state index in [2.05, 4.69) is 23.0 Å². The van der Waals surface area contributed by atoms with Crippen molar-refractivity contribution in [2.45, 2.75) is 25.6 Å². The summed E-state index contributed by atoms with van der Waals surface area (Å²) in [6.45, 7) is 0.639. The minimum Gasteiger partial charge on any atom is -0.319 e. The third-order valence-electron chi connectivity index (χ3n) is 4.20. The van der Waals surface area contributed by atoms with Crippen molar-refractivity contribution in [3.63, 3.8) is 0 Å². The topological polar surface area (TPSA) is 47.6 Å². The van der Waals surface area contributed by atoms with Crippen LogP contribution in [0.1, 0.15) is 18.4 Å². The molecular formula is C17H18N4O. The number of hydrogen-bond acceptors (Lipinski definition) is 4. The fraction of sp³-hybridized carbons (Fsp3) is 0.235. The van der Waals surface area contributed by atoms with E-state index < -0.39 is 0 Å². The van der Waals surface area contributed by atoms with Crippen molar-refractivity contribution in [1.29, 1.82) is 0 Å². The molecule has 2 N–H and O–H groups in total. The van der Waals surface area contributed by atoms with Crippen LogP contribution in [0.3, 0.4) is 0 Å². The molecule has 1 atom stereocenters. The highest BCUT2D eigenvalue weighted by Crippen LogP contribution is 2.32. The van der Waals surface area contributed by atoms with Crippen molar-refractivity contribution >= 4 is 17.3 Å². The lowest BCUT2D eigenvalue weighted by atomic mass is 10.2. The number of carbonyl (C=O) groups is 1. The van der Waals surface area contributed by atoms with Crippen LogP contribution in [0.5, 0.6) is 0 Å². The maximum absolute atomic E-state index is 12.3. The molecule has 0 aromatic heterocycles. The Labute approximate surface area is 129 Å². The number of nitrogens with one attached hydrogen (secondary N) is 2. The molecule has 0 spiro atoms. The average molecular weight is 294 g/mol. The Kier molecular flexibility index (Phi) is 3.20. The van der Waals surface area contributed by atoms with E-state index in [0.29, 0.717) is 13.0 Å². The normalized spacial score (nSPS) is 20.6. The van der Waals surface area contributed by atoms with Gasteiger partial charge in [-0.25, -0.2) is 0 Å². The van der Waals surface area contributed by atoms with Gasteiger partial charge in [0.05, 0.1) is 11.4 Å². The van der Waals surface area contributed by atoms with Crippen molar-refractivity contribution < 1.29 is 4.79 Å². The largest absolute Gasteiger partial charge is 0.319 e. The Hall–Kier alpha value is -2.53. The number of likely N-dealkylation sites (tertiary alicyclic amines) is 1. The first kappa shape index (κ1) is 13.2. The molecule has 0 saturated carbocycles. The van der Waals surface area contributed by atoms with Gasteiger partial charge in [0.25, 0.3) is 0 Å². The maximum atomic E-state index is 12.3. The molecule has 1 saturated heterocycles. The van der Waals surface area contributed by atoms with Crippen LogP contribution in [0.2, 0.25) is 0 Å². The van der Waals surface area contributed by atoms with Gasteiger partial charge in [-0.05, 0) is 24.1 Å². The zero-order chi connectivity index (χ0) is 14.9. The summed E-state index contributed by atoms with van der Waals surface area (Å²) in [6.07, 6.45) is 1.42. The number of rotatable bonds is 3. The van der Waals surface area contributed by atoms with Crippen LogP contribution >= 0.6 is 0 Å². The lowest BCUT2D eigenvalue weighted by Gasteiger charge is -2.32. The van der Waals surface area contributed by atoms with Crippen LogP contribution < -0.4 is 10.9 Å². The van der Waals surface area contributed by atoms with Gasteiger partial charge >= 0.3 is 0 Å². The van der Waals surface area contributed by atoms with Gasteiger partial charge in [-0.1, -0.05) is 42.5 Å². The summed E-state index contributed by atoms with van der Waals surface area (Å²) in [7, 11) is 0. The molecule has 5 nitrogen and oxygen atoms in total. The van der Waals surface area contributed by atoms with E-state index in [1.54, 1.807) is 0 Å². The lowest BCUT2D eigenvalue weighted by Crippen LogP contribution is -2.48. The average Bonchev–Trinajstić information content (AvgIpc) is 3.12. The maximum Gasteiger partial charge on any atom is 0.224 e. The summed E-state index contributed by atoms with van der Waals surface area (Å²) in [4.78, 5) is 14.2. The molecule has 2 heterocycles. The third kappa shape index (κ3) is 2.29. The monoisotopic (exact) mass is 294 g/mol. The Morgan fingerprint density at radius 3 is 2.27 bits per heavy atom. The lowest BCUT2D eigenvalue weighted by molar-refractivity contribution is -0.131. The molecule has 2 aromatic rings. The molecule has 0 radical (unpaired) electrons. The minimum atomic E-state index is 0.0140. The fourth-order valence-electron chi connectivity index (χ4n) is 3.07. The number of nitrogens with zero attached hydrogens (tertiary/aromatic N) is 2. The SMILES string of the molecule is O=C1CCC(N2Nc3ccccc3N2)N1Cc1ccccc1. The van der Waals surface area contributed by atoms with Gasteiger partial charge in [-0.15, -0.1) is 5.12 Å². The Morgan fingerprint density at radius 2 is 1.59 bits per heavy atom. The molecular weight excluding hydrogens is 276 g/mol. The summed E-state index contributed by atoms with van der Waals surface area (Å²) in [6, 6.07) is 18.2. The van der Waals surface area contributed by atoms with Crippen LogP contribution in [0.25, 0.3) is 0 Å². The molecule has 2 aromatic carbocycles. The molecule has 1 amide bonds. The summed E-state index contributed by atoms with van der Waals surface area (Å²) in [5.74, 6) is 0.202. The number of fused-ring (bicyclic) bond motifs is 1. The summed E-state index contributed by atoms with van der Waals surface area (Å²) < 4.78 is 0. The van der Waals surface area contributed by atoms with Gasteiger partial charge in [0.15, 0.2) is 0 Å². The predicted octanol–water partition coefficient (Wildman–Crippen LogP) is 2.80. The van der Waals surface area contributed by atoms with Crippen molar-refractivity contribution in [3.05, 3.63) is 60.2 Å². The second kappa shape index (κ2) is 5.35. The number of anilines is 2. The molecule has 22 heavy (non-hydrogen) atoms. The van der Waals surface area contributed by atoms with Gasteiger partial charge in [0.1, 0.15) is 6.17 Å². The molecule has 1 fully saturated rings. The van der Waals surface area contributed by atoms with Crippen molar-refractivity contribution in [2.75, 3.05) is 10.9 Å². The van der Waals surface area contributed by atoms with E-state index >= 15 is 0 Å². The number of benzene rings is 2. The molecule has 112 valence electrons. The van der Waals surface area contributed by atoms with Crippen LogP contribution in [0, 0.1) is 0 Å². The molecule has 5 heteroatoms. The zero-order valence-electron chi connectivity index (χ0n) is 12.2. The standard InChI is InChI=1S/C17H18N4O/c22-17-11-10-16(20(17)12-13-6-2-1-3-7-13)21-18-14-8-4-5-9-15(14)19-21/h1-9,16,18-19H,10-12H2. The first-order valence-corrected chi connectivity index (χ1v) is 7.56. The van der Waals surface area contributed by atoms with E-state index in [0.717, 1.165) is 23.4 Å². The molecule has 2 aliphatic rings. The fourth-order valence-corrected chi connectivity index (χ4v) is 3.07. The molecule has 1 unspecified atom stereocenters. The van der Waals surface area contributed by atoms with Crippen molar-refractivity contribution in [3.8, 4) is 0 Å². The highest BCUT2D eigenvalue weighted by Gasteiger charge is 2.37. The molecule has 2 aliphatic heterocycles. The van der Waals surface area contributed by atoms with Gasteiger partial charge in [0, 0.05) is 13.0 Å². The van der Waals surface area contributed by atoms with Crippen LogP contribution in [0.15, 0.2) is 54.6 Å². The molecule has 0 aliphatic carbocycles. The minimum absolute atomic E-state index is 0.0140. The van der Waals surface area contributed by atoms with Crippen molar-refractivity contribution in [1.82, 2.24) is 10.0 Å². The Morgan fingerprint density at radius 1 is 0.955 bits per heavy atom. The smallest absolute Gasteiger partial charge is 0.224 e. The summed E-state index contributed by atoms with van der Waals surface area (Å²) in [5, 5.41) is 1.94. The van der Waals surface area contributed by atoms with Crippen LogP contribution in [-0.4, -0.2) is 22.1 Å². The Bertz CT molecular complexity index is 663. The number of hydrogen-bond donors (Lipinski definition) is 2. The number of hydrazine groups is 2. The number of para-hydroxylation sites is 2. The zero-order valence-corrected chi connectivity index (χ0v) is 12.2. The first-order chi connectivity index (χ1) is 10.8. The van der Waals surface area contributed by atoms with Gasteiger partial charge in [-0.3, -0.25) is 15.6 Å². The van der Waals surface area contributed by atoms with Gasteiger partial charge in [0.2, 0.25) is 5.91 Å². The van der Waals surface area contributed by atoms with E-state index in [9.17, 15) is 4.79 Å². The first-order valence-electron chi connectivity index (χ1n) is 7.56. The van der Waals surface area contributed by atoms with E-state index in [1.165, 1.54) is 0 Å². The third-order valence-corrected chi connectivity index (χ3v) is 4.20. The van der Waals surface area contributed by atoms with Crippen LogP contribution in [-0.2, 0) is 11.3 Å². The highest BCUT2D eigenvalue weighted by molar-refractivity contribution is 5.79. The van der Waals surface area contributed by atoms with Crippen molar-refractivity contribution in [2.24, 2.45) is 0 Å². The van der Waals surface area contributed by atoms with Gasteiger partial charge in [-0.2, -0.15) is 0 Å². The van der Waals surface area contributed by atoms with E-state index in [-0.39, 0.29) is 12.1 Å². The second-order valence-electron chi connectivity index (χ2n) is 5.67. The summed E-state index contributed by atoms with van der Waals surface area (Å²) in [5.41, 5.74) is 9.92. The van der Waals surface area contributed by atoms with Crippen LogP contribution in [0.4, 0.5) is 11.4 Å². The quantitative estimate of drug-likeness (QED) is 0.914. The van der Waals surface area contributed by atoms with E-state index in [1.807, 2.05) is 52.5 Å². The van der Waals surface area contributed by atoms with E-state index in [4.69, 9.17) is 0 Å². The van der Waals surface area contributed by atoms with Gasteiger partial charge < -0.3 is 4.90 Å².